The van der Waals surface area contributed by atoms with E-state index in [-0.39, 0.29) is 11.5 Å². The van der Waals surface area contributed by atoms with Gasteiger partial charge in [-0.2, -0.15) is 8.15 Å². The highest BCUT2D eigenvalue weighted by molar-refractivity contribution is 7.50. The molecule has 0 N–H and O–H groups in total. The number of ketones is 1. The van der Waals surface area contributed by atoms with Gasteiger partial charge in [-0.1, -0.05) is 6.92 Å². The number of carbonyl (C=O) groups excluding carboxylic acids is 1. The van der Waals surface area contributed by atoms with Crippen LogP contribution in [-0.2, 0) is 12.7 Å². The fourth-order valence-electron chi connectivity index (χ4n) is 1.24. The predicted octanol–water partition coefficient (Wildman–Crippen LogP) is 4.50. The van der Waals surface area contributed by atoms with E-state index in [1.165, 1.54) is 12.1 Å². The first-order chi connectivity index (χ1) is 8.54. The summed E-state index contributed by atoms with van der Waals surface area (Å²) in [7, 11) is -4.01. The Kier molecular flexibility index (Phi) is 6.12. The summed E-state index contributed by atoms with van der Waals surface area (Å²) in [6, 6.07) is 5.98. The van der Waals surface area contributed by atoms with Gasteiger partial charge in [-0.05, 0) is 30.7 Å². The molecule has 5 nitrogen and oxygen atoms in total. The van der Waals surface area contributed by atoms with Crippen molar-refractivity contribution in [1.82, 2.24) is 0 Å². The Hall–Kier alpha value is -0.580. The Morgan fingerprint density at radius 2 is 1.78 bits per heavy atom. The van der Waals surface area contributed by atoms with Crippen LogP contribution < -0.4 is 4.52 Å². The van der Waals surface area contributed by atoms with Crippen molar-refractivity contribution in [1.29, 1.82) is 0 Å². The van der Waals surface area contributed by atoms with E-state index in [1.54, 1.807) is 12.1 Å². The molecule has 1 aromatic rings. The number of benzene rings is 1. The number of hydrogen-bond donors (Lipinski definition) is 0. The minimum Gasteiger partial charge on any atom is -0.402 e. The molecule has 18 heavy (non-hydrogen) atoms. The minimum atomic E-state index is -4.01. The van der Waals surface area contributed by atoms with Gasteiger partial charge in [0.1, 0.15) is 5.75 Å². The summed E-state index contributed by atoms with van der Waals surface area (Å²) >= 11 is 9.86. The van der Waals surface area contributed by atoms with Crippen molar-refractivity contribution in [2.24, 2.45) is 0 Å². The largest absolute Gasteiger partial charge is 0.563 e. The van der Waals surface area contributed by atoms with Crippen LogP contribution in [0.25, 0.3) is 0 Å². The van der Waals surface area contributed by atoms with Crippen molar-refractivity contribution in [3.8, 4) is 5.75 Å². The third kappa shape index (κ3) is 4.26. The minimum absolute atomic E-state index is 0.0226. The Morgan fingerprint density at radius 3 is 2.22 bits per heavy atom. The smallest absolute Gasteiger partial charge is 0.402 e. The molecule has 0 saturated carbocycles. The molecule has 8 heteroatoms. The van der Waals surface area contributed by atoms with Crippen LogP contribution in [0.15, 0.2) is 24.3 Å². The molecule has 0 amide bonds. The van der Waals surface area contributed by atoms with Gasteiger partial charge in [0, 0.05) is 12.0 Å². The van der Waals surface area contributed by atoms with Crippen LogP contribution in [0.1, 0.15) is 30.1 Å². The van der Waals surface area contributed by atoms with Gasteiger partial charge in [-0.25, -0.2) is 4.57 Å². The second-order valence-corrected chi connectivity index (χ2v) is 5.56. The molecular weight excluding hydrogens is 302 g/mol. The average Bonchev–Trinajstić information content (AvgIpc) is 2.39. The Labute approximate surface area is 115 Å². The topological polar surface area (TPSA) is 61.8 Å². The van der Waals surface area contributed by atoms with Gasteiger partial charge in [0.05, 0.1) is 23.7 Å². The number of carbonyl (C=O) groups is 1. The summed E-state index contributed by atoms with van der Waals surface area (Å²) in [4.78, 5) is 11.6. The second kappa shape index (κ2) is 7.12. The highest BCUT2D eigenvalue weighted by atomic mass is 35.5. The monoisotopic (exact) mass is 312 g/mol. The summed E-state index contributed by atoms with van der Waals surface area (Å²) in [6.45, 7) is 1.92. The summed E-state index contributed by atoms with van der Waals surface area (Å²) in [5.74, 6) is 0.183. The maximum Gasteiger partial charge on any atom is 0.563 e. The fraction of sp³-hybridized carbons (Fsp3) is 0.300. The molecule has 0 aromatic heterocycles. The van der Waals surface area contributed by atoms with Crippen LogP contribution in [-0.4, -0.2) is 5.78 Å². The fourth-order valence-corrected chi connectivity index (χ4v) is 2.12. The van der Waals surface area contributed by atoms with Crippen LogP contribution in [0.3, 0.4) is 0 Å². The maximum absolute atomic E-state index is 11.6. The van der Waals surface area contributed by atoms with Crippen molar-refractivity contribution in [3.05, 3.63) is 29.8 Å². The normalized spacial score (nSPS) is 11.3. The van der Waals surface area contributed by atoms with Crippen molar-refractivity contribution in [2.45, 2.75) is 19.8 Å². The Bertz CT molecular complexity index is 440. The summed E-state index contributed by atoms with van der Waals surface area (Å²) in [5, 5.41) is 0. The summed E-state index contributed by atoms with van der Waals surface area (Å²) < 4.78 is 24.3. The maximum atomic E-state index is 11.6. The zero-order chi connectivity index (χ0) is 13.6. The number of halogens is 2. The molecule has 0 fully saturated rings. The van der Waals surface area contributed by atoms with Crippen LogP contribution in [0, 0.1) is 0 Å². The molecule has 0 aliphatic heterocycles. The first-order valence-corrected chi connectivity index (χ1v) is 7.16. The van der Waals surface area contributed by atoms with Gasteiger partial charge in [0.15, 0.2) is 5.78 Å². The van der Waals surface area contributed by atoms with Gasteiger partial charge in [-0.15, -0.1) is 0 Å². The first kappa shape index (κ1) is 15.5. The lowest BCUT2D eigenvalue weighted by atomic mass is 10.1. The molecule has 0 radical (unpaired) electrons. The van der Waals surface area contributed by atoms with E-state index in [4.69, 9.17) is 28.3 Å². The molecule has 0 aliphatic carbocycles. The van der Waals surface area contributed by atoms with E-state index in [1.807, 2.05) is 6.92 Å². The lowest BCUT2D eigenvalue weighted by Crippen LogP contribution is -1.98. The zero-order valence-electron chi connectivity index (χ0n) is 9.47. The van der Waals surface area contributed by atoms with Gasteiger partial charge in [0.2, 0.25) is 0 Å². The standard InChI is InChI=1S/C10H11Cl2O5P/c1-2-3-10(13)8-4-6-9(7-5-8)15-18(14,16-11)17-12/h4-7H,2-3H2,1H3. The van der Waals surface area contributed by atoms with Gasteiger partial charge < -0.3 is 4.52 Å². The van der Waals surface area contributed by atoms with Gasteiger partial charge >= 0.3 is 7.82 Å². The van der Waals surface area contributed by atoms with E-state index < -0.39 is 7.82 Å². The molecule has 0 saturated heterocycles. The highest BCUT2D eigenvalue weighted by Gasteiger charge is 2.28. The second-order valence-electron chi connectivity index (χ2n) is 3.37. The van der Waals surface area contributed by atoms with Gasteiger partial charge in [0.25, 0.3) is 0 Å². The van der Waals surface area contributed by atoms with Crippen LogP contribution in [0.4, 0.5) is 0 Å². The summed E-state index contributed by atoms with van der Waals surface area (Å²) in [6.07, 6.45) is 1.24. The Balaban J connectivity index is 2.77. The average molecular weight is 313 g/mol. The molecular formula is C10H11Cl2O5P. The van der Waals surface area contributed by atoms with E-state index in [0.717, 1.165) is 6.42 Å². The molecule has 100 valence electrons. The number of hydrogen-bond acceptors (Lipinski definition) is 5. The Morgan fingerprint density at radius 1 is 1.22 bits per heavy atom. The predicted molar refractivity (Wildman–Crippen MR) is 67.8 cm³/mol. The molecule has 0 bridgehead atoms. The highest BCUT2D eigenvalue weighted by Crippen LogP contribution is 2.51. The number of rotatable bonds is 7. The molecule has 1 aromatic carbocycles. The third-order valence-electron chi connectivity index (χ3n) is 2.04. The quantitative estimate of drug-likeness (QED) is 0.548. The number of phosphoric acid groups is 1. The third-order valence-corrected chi connectivity index (χ3v) is 3.83. The van der Waals surface area contributed by atoms with Crippen molar-refractivity contribution >= 4 is 37.3 Å². The van der Waals surface area contributed by atoms with E-state index in [9.17, 15) is 9.36 Å². The SMILES string of the molecule is CCCC(=O)c1ccc(OP(=O)(OCl)OCl)cc1. The zero-order valence-corrected chi connectivity index (χ0v) is 11.9. The molecule has 1 rings (SSSR count). The van der Waals surface area contributed by atoms with Crippen LogP contribution in [0.5, 0.6) is 5.75 Å². The number of Topliss-reactive ketones (excluding diaryl/α,β-unsaturated/α-hetero) is 1. The van der Waals surface area contributed by atoms with Crippen molar-refractivity contribution in [2.75, 3.05) is 0 Å². The van der Waals surface area contributed by atoms with Gasteiger partial charge in [-0.3, -0.25) is 4.79 Å². The van der Waals surface area contributed by atoms with E-state index >= 15 is 0 Å². The van der Waals surface area contributed by atoms with Crippen molar-refractivity contribution < 1.29 is 22.0 Å². The van der Waals surface area contributed by atoms with Crippen molar-refractivity contribution in [3.63, 3.8) is 0 Å². The molecule has 0 atom stereocenters. The van der Waals surface area contributed by atoms with Crippen LogP contribution in [0.2, 0.25) is 0 Å². The first-order valence-electron chi connectivity index (χ1n) is 5.08. The van der Waals surface area contributed by atoms with E-state index in [2.05, 4.69) is 8.15 Å². The molecule has 0 heterocycles. The lowest BCUT2D eigenvalue weighted by Gasteiger charge is -2.10. The van der Waals surface area contributed by atoms with Crippen LogP contribution >= 0.6 is 31.6 Å². The molecule has 0 aliphatic rings. The van der Waals surface area contributed by atoms with E-state index in [0.29, 0.717) is 12.0 Å². The molecule has 0 unspecified atom stereocenters. The summed E-state index contributed by atoms with van der Waals surface area (Å²) in [5.41, 5.74) is 0.539. The molecule has 0 spiro atoms. The lowest BCUT2D eigenvalue weighted by molar-refractivity contribution is 0.0982.